The summed E-state index contributed by atoms with van der Waals surface area (Å²) >= 11 is 1.62. The molecule has 0 unspecified atom stereocenters. The average Bonchev–Trinajstić information content (AvgIpc) is 2.88. The van der Waals surface area contributed by atoms with Crippen molar-refractivity contribution in [3.05, 3.63) is 22.4 Å². The fourth-order valence-corrected chi connectivity index (χ4v) is 2.67. The van der Waals surface area contributed by atoms with Gasteiger partial charge in [0.2, 0.25) is 5.91 Å². The molecule has 2 atom stereocenters. The van der Waals surface area contributed by atoms with E-state index in [1.54, 1.807) is 11.3 Å². The first-order valence-corrected chi connectivity index (χ1v) is 6.57. The Bertz CT molecular complexity index is 331. The van der Waals surface area contributed by atoms with Crippen molar-refractivity contribution in [2.75, 3.05) is 6.61 Å². The molecule has 1 amide bonds. The van der Waals surface area contributed by atoms with Crippen LogP contribution in [0.2, 0.25) is 0 Å². The zero-order valence-electron chi connectivity index (χ0n) is 9.44. The monoisotopic (exact) mass is 239 g/mol. The molecule has 2 rings (SSSR count). The molecule has 0 saturated carbocycles. The first-order valence-electron chi connectivity index (χ1n) is 5.69. The number of ether oxygens (including phenoxy) is 1. The number of carbonyl (C=O) groups excluding carboxylic acids is 1. The molecule has 16 heavy (non-hydrogen) atoms. The minimum absolute atomic E-state index is 0.0884. The average molecular weight is 239 g/mol. The Hall–Kier alpha value is -0.870. The summed E-state index contributed by atoms with van der Waals surface area (Å²) in [6.45, 7) is 2.85. The zero-order chi connectivity index (χ0) is 11.4. The van der Waals surface area contributed by atoms with Crippen molar-refractivity contribution in [3.8, 4) is 0 Å². The number of carbonyl (C=O) groups is 1. The summed E-state index contributed by atoms with van der Waals surface area (Å²) in [4.78, 5) is 12.8. The molecule has 1 aliphatic rings. The zero-order valence-corrected chi connectivity index (χ0v) is 10.3. The fourth-order valence-electron chi connectivity index (χ4n) is 1.97. The van der Waals surface area contributed by atoms with Gasteiger partial charge < -0.3 is 10.1 Å². The van der Waals surface area contributed by atoms with Gasteiger partial charge >= 0.3 is 0 Å². The van der Waals surface area contributed by atoms with E-state index >= 15 is 0 Å². The summed E-state index contributed by atoms with van der Waals surface area (Å²) in [5.74, 6) is 0.0884. The highest BCUT2D eigenvalue weighted by molar-refractivity contribution is 7.10. The van der Waals surface area contributed by atoms with Crippen molar-refractivity contribution in [1.82, 2.24) is 5.32 Å². The number of rotatable bonds is 4. The van der Waals surface area contributed by atoms with E-state index in [4.69, 9.17) is 4.74 Å². The minimum Gasteiger partial charge on any atom is -0.376 e. The van der Waals surface area contributed by atoms with E-state index in [0.717, 1.165) is 24.3 Å². The Morgan fingerprint density at radius 3 is 3.25 bits per heavy atom. The highest BCUT2D eigenvalue weighted by Gasteiger charge is 2.23. The minimum atomic E-state index is 0.0884. The summed E-state index contributed by atoms with van der Waals surface area (Å²) in [6, 6.07) is 4.08. The van der Waals surface area contributed by atoms with Crippen molar-refractivity contribution in [2.45, 2.75) is 38.3 Å². The number of thiophene rings is 1. The fraction of sp³-hybridized carbons (Fsp3) is 0.583. The molecule has 1 fully saturated rings. The Morgan fingerprint density at radius 2 is 2.62 bits per heavy atom. The number of hydrogen-bond donors (Lipinski definition) is 1. The maximum atomic E-state index is 11.7. The summed E-state index contributed by atoms with van der Waals surface area (Å²) in [5.41, 5.74) is 0. The third kappa shape index (κ3) is 3.06. The van der Waals surface area contributed by atoms with Crippen molar-refractivity contribution >= 4 is 17.2 Å². The molecule has 1 aliphatic heterocycles. The van der Waals surface area contributed by atoms with E-state index in [1.807, 2.05) is 24.4 Å². The summed E-state index contributed by atoms with van der Waals surface area (Å²) < 4.78 is 5.54. The van der Waals surface area contributed by atoms with Crippen LogP contribution >= 0.6 is 11.3 Å². The molecular formula is C12H17NO2S. The van der Waals surface area contributed by atoms with Crippen LogP contribution in [0.4, 0.5) is 0 Å². The molecule has 88 valence electrons. The topological polar surface area (TPSA) is 38.3 Å². The van der Waals surface area contributed by atoms with E-state index in [1.165, 1.54) is 0 Å². The summed E-state index contributed by atoms with van der Waals surface area (Å²) in [7, 11) is 0. The molecule has 2 heterocycles. The molecule has 0 spiro atoms. The van der Waals surface area contributed by atoms with Crippen LogP contribution in [-0.4, -0.2) is 24.7 Å². The third-order valence-corrected chi connectivity index (χ3v) is 3.70. The lowest BCUT2D eigenvalue weighted by Gasteiger charge is -2.19. The Labute approximate surface area is 99.8 Å². The van der Waals surface area contributed by atoms with Crippen LogP contribution < -0.4 is 5.32 Å². The van der Waals surface area contributed by atoms with Crippen LogP contribution in [0, 0.1) is 0 Å². The molecular weight excluding hydrogens is 222 g/mol. The lowest BCUT2D eigenvalue weighted by molar-refractivity contribution is -0.121. The molecule has 1 N–H and O–H groups in total. The van der Waals surface area contributed by atoms with Crippen LogP contribution in [0.1, 0.15) is 24.6 Å². The molecule has 1 aromatic heterocycles. The van der Waals surface area contributed by atoms with Gasteiger partial charge in [-0.3, -0.25) is 4.79 Å². The number of nitrogens with one attached hydrogen (secondary N) is 1. The molecule has 0 aromatic carbocycles. The second-order valence-electron chi connectivity index (χ2n) is 4.16. The van der Waals surface area contributed by atoms with Crippen LogP contribution in [0.3, 0.4) is 0 Å². The second-order valence-corrected chi connectivity index (χ2v) is 5.20. The predicted octanol–water partition coefficient (Wildman–Crippen LogP) is 1.97. The van der Waals surface area contributed by atoms with Crippen LogP contribution in [0.25, 0.3) is 0 Å². The second kappa shape index (κ2) is 5.46. The molecule has 4 heteroatoms. The van der Waals surface area contributed by atoms with E-state index < -0.39 is 0 Å². The summed E-state index contributed by atoms with van der Waals surface area (Å²) in [5, 5.41) is 5.00. The van der Waals surface area contributed by atoms with Gasteiger partial charge in [-0.2, -0.15) is 0 Å². The Balaban J connectivity index is 1.78. The van der Waals surface area contributed by atoms with Gasteiger partial charge in [-0.15, -0.1) is 11.3 Å². The van der Waals surface area contributed by atoms with Gasteiger partial charge in [0.05, 0.1) is 18.6 Å². The van der Waals surface area contributed by atoms with E-state index in [0.29, 0.717) is 6.42 Å². The lowest BCUT2D eigenvalue weighted by Crippen LogP contribution is -2.41. The first kappa shape index (κ1) is 11.6. The van der Waals surface area contributed by atoms with E-state index in [-0.39, 0.29) is 18.1 Å². The van der Waals surface area contributed by atoms with Crippen LogP contribution in [0.15, 0.2) is 17.5 Å². The lowest BCUT2D eigenvalue weighted by atomic mass is 10.1. The van der Waals surface area contributed by atoms with Crippen molar-refractivity contribution in [3.63, 3.8) is 0 Å². The Kier molecular flexibility index (Phi) is 3.96. The van der Waals surface area contributed by atoms with Crippen molar-refractivity contribution in [1.29, 1.82) is 0 Å². The third-order valence-electron chi connectivity index (χ3n) is 2.83. The predicted molar refractivity (Wildman–Crippen MR) is 64.6 cm³/mol. The largest absolute Gasteiger partial charge is 0.376 e. The highest BCUT2D eigenvalue weighted by Crippen LogP contribution is 2.15. The van der Waals surface area contributed by atoms with Gasteiger partial charge in [0.15, 0.2) is 0 Å². The maximum Gasteiger partial charge on any atom is 0.225 e. The molecule has 0 radical (unpaired) electrons. The quantitative estimate of drug-likeness (QED) is 0.872. The SMILES string of the molecule is C[C@H](NC(=O)Cc1cccs1)[C@@H]1CCCO1. The van der Waals surface area contributed by atoms with Crippen molar-refractivity contribution in [2.24, 2.45) is 0 Å². The highest BCUT2D eigenvalue weighted by atomic mass is 32.1. The number of amides is 1. The molecule has 0 bridgehead atoms. The van der Waals surface area contributed by atoms with E-state index in [9.17, 15) is 4.79 Å². The van der Waals surface area contributed by atoms with Crippen LogP contribution in [0.5, 0.6) is 0 Å². The van der Waals surface area contributed by atoms with Crippen LogP contribution in [-0.2, 0) is 16.0 Å². The van der Waals surface area contributed by atoms with Gasteiger partial charge in [0, 0.05) is 11.5 Å². The van der Waals surface area contributed by atoms with Gasteiger partial charge in [0.25, 0.3) is 0 Å². The standard InChI is InChI=1S/C12H17NO2S/c1-9(11-5-2-6-15-11)13-12(14)8-10-4-3-7-16-10/h3-4,7,9,11H,2,5-6,8H2,1H3,(H,13,14)/t9-,11-/m0/s1. The Morgan fingerprint density at radius 1 is 1.75 bits per heavy atom. The van der Waals surface area contributed by atoms with Gasteiger partial charge in [-0.05, 0) is 31.2 Å². The normalized spacial score (nSPS) is 21.9. The molecule has 3 nitrogen and oxygen atoms in total. The van der Waals surface area contributed by atoms with Gasteiger partial charge in [-0.25, -0.2) is 0 Å². The smallest absolute Gasteiger partial charge is 0.225 e. The van der Waals surface area contributed by atoms with Gasteiger partial charge in [-0.1, -0.05) is 6.07 Å². The number of hydrogen-bond acceptors (Lipinski definition) is 3. The summed E-state index contributed by atoms with van der Waals surface area (Å²) in [6.07, 6.45) is 2.85. The van der Waals surface area contributed by atoms with E-state index in [2.05, 4.69) is 5.32 Å². The first-order chi connectivity index (χ1) is 7.75. The molecule has 1 saturated heterocycles. The molecule has 1 aromatic rings. The van der Waals surface area contributed by atoms with Crippen molar-refractivity contribution < 1.29 is 9.53 Å². The molecule has 0 aliphatic carbocycles. The maximum absolute atomic E-state index is 11.7. The van der Waals surface area contributed by atoms with Gasteiger partial charge in [0.1, 0.15) is 0 Å².